The first-order valence-corrected chi connectivity index (χ1v) is 9.02. The number of nitrogens with one attached hydrogen (secondary N) is 2. The summed E-state index contributed by atoms with van der Waals surface area (Å²) in [6, 6.07) is 9.36. The number of aromatic nitrogens is 2. The minimum atomic E-state index is -0.162. The van der Waals surface area contributed by atoms with E-state index in [9.17, 15) is 4.79 Å². The van der Waals surface area contributed by atoms with Crippen LogP contribution in [0.1, 0.15) is 34.1 Å². The van der Waals surface area contributed by atoms with Gasteiger partial charge >= 0.3 is 0 Å². The van der Waals surface area contributed by atoms with Crippen molar-refractivity contribution in [3.8, 4) is 0 Å². The molecule has 0 spiro atoms. The normalized spacial score (nSPS) is 18.0. The highest BCUT2D eigenvalue weighted by molar-refractivity contribution is 7.20. The Morgan fingerprint density at radius 2 is 2.29 bits per heavy atom. The van der Waals surface area contributed by atoms with Crippen molar-refractivity contribution in [3.63, 3.8) is 0 Å². The lowest BCUT2D eigenvalue weighted by Crippen LogP contribution is -2.15. The lowest BCUT2D eigenvalue weighted by molar-refractivity contribution is 0.0793. The van der Waals surface area contributed by atoms with Gasteiger partial charge in [0.1, 0.15) is 0 Å². The Balaban J connectivity index is 1.49. The Kier molecular flexibility index (Phi) is 4.26. The van der Waals surface area contributed by atoms with E-state index in [1.165, 1.54) is 11.3 Å². The van der Waals surface area contributed by atoms with Gasteiger partial charge in [-0.05, 0) is 42.5 Å². The molecular formula is C17H16ClN3O2S. The van der Waals surface area contributed by atoms with E-state index >= 15 is 0 Å². The summed E-state index contributed by atoms with van der Waals surface area (Å²) in [7, 11) is 0. The highest BCUT2D eigenvalue weighted by Gasteiger charge is 2.19. The van der Waals surface area contributed by atoms with Gasteiger partial charge in [-0.1, -0.05) is 11.6 Å². The van der Waals surface area contributed by atoms with Gasteiger partial charge < -0.3 is 10.1 Å². The Bertz CT molecular complexity index is 883. The molecule has 2 aromatic heterocycles. The van der Waals surface area contributed by atoms with Crippen molar-refractivity contribution in [1.29, 1.82) is 0 Å². The van der Waals surface area contributed by atoms with Crippen LogP contribution in [0, 0.1) is 0 Å². The third-order valence-electron chi connectivity index (χ3n) is 4.14. The number of H-pyrrole nitrogens is 1. The summed E-state index contributed by atoms with van der Waals surface area (Å²) >= 11 is 7.43. The van der Waals surface area contributed by atoms with Crippen molar-refractivity contribution in [2.45, 2.75) is 18.8 Å². The molecule has 1 atom stereocenters. The monoisotopic (exact) mass is 361 g/mol. The SMILES string of the molecule is O=C(Nc1cc(C2CCCOC2)[nH]n1)c1cc2cc(Cl)ccc2s1. The molecule has 1 aromatic carbocycles. The number of rotatable bonds is 3. The van der Waals surface area contributed by atoms with Gasteiger partial charge in [0.15, 0.2) is 5.82 Å². The summed E-state index contributed by atoms with van der Waals surface area (Å²) < 4.78 is 6.53. The van der Waals surface area contributed by atoms with E-state index < -0.39 is 0 Å². The summed E-state index contributed by atoms with van der Waals surface area (Å²) in [5, 5.41) is 11.7. The highest BCUT2D eigenvalue weighted by atomic mass is 35.5. The average molecular weight is 362 g/mol. The van der Waals surface area contributed by atoms with Crippen LogP contribution >= 0.6 is 22.9 Å². The van der Waals surface area contributed by atoms with Gasteiger partial charge in [0.25, 0.3) is 5.91 Å². The second-order valence-corrected chi connectivity index (χ2v) is 7.39. The van der Waals surface area contributed by atoms with Crippen LogP contribution in [0.2, 0.25) is 5.02 Å². The van der Waals surface area contributed by atoms with Gasteiger partial charge in [0.2, 0.25) is 0 Å². The largest absolute Gasteiger partial charge is 0.381 e. The molecule has 24 heavy (non-hydrogen) atoms. The predicted octanol–water partition coefficient (Wildman–Crippen LogP) is 4.42. The molecule has 2 N–H and O–H groups in total. The van der Waals surface area contributed by atoms with Crippen LogP contribution < -0.4 is 5.32 Å². The number of carbonyl (C=O) groups is 1. The molecule has 1 amide bonds. The van der Waals surface area contributed by atoms with Crippen molar-refractivity contribution in [2.75, 3.05) is 18.5 Å². The molecule has 0 saturated carbocycles. The Morgan fingerprint density at radius 1 is 1.38 bits per heavy atom. The van der Waals surface area contributed by atoms with Crippen molar-refractivity contribution in [1.82, 2.24) is 10.2 Å². The van der Waals surface area contributed by atoms with Gasteiger partial charge in [-0.3, -0.25) is 9.89 Å². The van der Waals surface area contributed by atoms with Crippen LogP contribution in [0.25, 0.3) is 10.1 Å². The van der Waals surface area contributed by atoms with Crippen LogP contribution in [-0.2, 0) is 4.74 Å². The van der Waals surface area contributed by atoms with Gasteiger partial charge in [0.05, 0.1) is 11.5 Å². The number of fused-ring (bicyclic) bond motifs is 1. The van der Waals surface area contributed by atoms with Gasteiger partial charge in [-0.15, -0.1) is 11.3 Å². The first-order valence-electron chi connectivity index (χ1n) is 7.82. The number of halogens is 1. The van der Waals surface area contributed by atoms with Crippen molar-refractivity contribution < 1.29 is 9.53 Å². The number of aromatic amines is 1. The Morgan fingerprint density at radius 3 is 3.12 bits per heavy atom. The number of nitrogens with zero attached hydrogens (tertiary/aromatic N) is 1. The zero-order valence-electron chi connectivity index (χ0n) is 12.8. The first-order chi connectivity index (χ1) is 11.7. The minimum absolute atomic E-state index is 0.162. The van der Waals surface area contributed by atoms with Crippen LogP contribution in [-0.4, -0.2) is 29.3 Å². The van der Waals surface area contributed by atoms with Crippen molar-refractivity contribution in [2.24, 2.45) is 0 Å². The van der Waals surface area contributed by atoms with E-state index in [1.807, 2.05) is 30.3 Å². The third kappa shape index (κ3) is 3.17. The lowest BCUT2D eigenvalue weighted by atomic mass is 9.99. The molecule has 3 aromatic rings. The number of carbonyl (C=O) groups excluding carboxylic acids is 1. The molecule has 7 heteroatoms. The maximum atomic E-state index is 12.4. The van der Waals surface area contributed by atoms with Crippen LogP contribution in [0.15, 0.2) is 30.3 Å². The van der Waals surface area contributed by atoms with Crippen LogP contribution in [0.3, 0.4) is 0 Å². The summed E-state index contributed by atoms with van der Waals surface area (Å²) in [6.45, 7) is 1.52. The van der Waals surface area contributed by atoms with E-state index in [2.05, 4.69) is 15.5 Å². The lowest BCUT2D eigenvalue weighted by Gasteiger charge is -2.20. The fourth-order valence-corrected chi connectivity index (χ4v) is 4.02. The molecule has 0 aliphatic carbocycles. The summed E-state index contributed by atoms with van der Waals surface area (Å²) in [6.07, 6.45) is 2.13. The maximum absolute atomic E-state index is 12.4. The molecule has 4 rings (SSSR count). The smallest absolute Gasteiger partial charge is 0.266 e. The van der Waals surface area contributed by atoms with Crippen LogP contribution in [0.5, 0.6) is 0 Å². The number of benzene rings is 1. The second-order valence-electron chi connectivity index (χ2n) is 5.87. The molecule has 5 nitrogen and oxygen atoms in total. The second kappa shape index (κ2) is 6.55. The number of amides is 1. The molecule has 1 saturated heterocycles. The number of anilines is 1. The number of hydrogen-bond donors (Lipinski definition) is 2. The Labute approximate surface area is 148 Å². The fourth-order valence-electron chi connectivity index (χ4n) is 2.90. The zero-order chi connectivity index (χ0) is 16.5. The third-order valence-corrected chi connectivity index (χ3v) is 5.49. The molecule has 0 bridgehead atoms. The summed E-state index contributed by atoms with van der Waals surface area (Å²) in [5.74, 6) is 0.699. The number of thiophene rings is 1. The topological polar surface area (TPSA) is 67.0 Å². The highest BCUT2D eigenvalue weighted by Crippen LogP contribution is 2.29. The number of hydrogen-bond acceptors (Lipinski definition) is 4. The molecule has 1 unspecified atom stereocenters. The van der Waals surface area contributed by atoms with E-state index in [0.29, 0.717) is 28.2 Å². The molecular weight excluding hydrogens is 346 g/mol. The zero-order valence-corrected chi connectivity index (χ0v) is 14.4. The van der Waals surface area contributed by atoms with Gasteiger partial charge in [0, 0.05) is 34.0 Å². The number of ether oxygens (including phenoxy) is 1. The van der Waals surface area contributed by atoms with Crippen molar-refractivity contribution in [3.05, 3.63) is 45.9 Å². The van der Waals surface area contributed by atoms with E-state index in [0.717, 1.165) is 35.2 Å². The predicted molar refractivity (Wildman–Crippen MR) is 96.2 cm³/mol. The summed E-state index contributed by atoms with van der Waals surface area (Å²) in [5.41, 5.74) is 1.01. The van der Waals surface area contributed by atoms with Gasteiger partial charge in [-0.25, -0.2) is 0 Å². The molecule has 0 radical (unpaired) electrons. The molecule has 1 fully saturated rings. The fraction of sp³-hybridized carbons (Fsp3) is 0.294. The maximum Gasteiger partial charge on any atom is 0.266 e. The Hall–Kier alpha value is -1.89. The quantitative estimate of drug-likeness (QED) is 0.725. The molecule has 3 heterocycles. The first kappa shape index (κ1) is 15.6. The van der Waals surface area contributed by atoms with E-state index in [4.69, 9.17) is 16.3 Å². The average Bonchev–Trinajstić information content (AvgIpc) is 3.22. The molecule has 1 aliphatic heterocycles. The van der Waals surface area contributed by atoms with Crippen LogP contribution in [0.4, 0.5) is 5.82 Å². The molecule has 124 valence electrons. The summed E-state index contributed by atoms with van der Waals surface area (Å²) in [4.78, 5) is 13.1. The van der Waals surface area contributed by atoms with E-state index in [-0.39, 0.29) is 5.91 Å². The molecule has 1 aliphatic rings. The van der Waals surface area contributed by atoms with Gasteiger partial charge in [-0.2, -0.15) is 5.10 Å². The minimum Gasteiger partial charge on any atom is -0.381 e. The van der Waals surface area contributed by atoms with E-state index in [1.54, 1.807) is 0 Å². The van der Waals surface area contributed by atoms with Crippen molar-refractivity contribution >= 4 is 44.7 Å². The standard InChI is InChI=1S/C17H16ClN3O2S/c18-12-3-4-14-11(6-12)7-15(24-14)17(22)19-16-8-13(20-21-16)10-2-1-5-23-9-10/h3-4,6-8,10H,1-2,5,9H2,(H2,19,20,21,22).